The maximum atomic E-state index is 12.1. The molecule has 1 aliphatic carbocycles. The van der Waals surface area contributed by atoms with Gasteiger partial charge in [0, 0.05) is 11.6 Å². The van der Waals surface area contributed by atoms with Crippen molar-refractivity contribution in [2.24, 2.45) is 5.14 Å². The summed E-state index contributed by atoms with van der Waals surface area (Å²) in [5.74, 6) is -2.03. The number of nitro groups is 1. The van der Waals surface area contributed by atoms with Crippen molar-refractivity contribution in [2.45, 2.75) is 29.7 Å². The minimum atomic E-state index is -4.42. The number of carbonyl (C=O) groups excluding carboxylic acids is 1. The van der Waals surface area contributed by atoms with E-state index in [1.165, 1.54) is 0 Å². The molecule has 23 heavy (non-hydrogen) atoms. The molecule has 4 N–H and O–H groups in total. The van der Waals surface area contributed by atoms with Crippen LogP contribution in [0.2, 0.25) is 0 Å². The summed E-state index contributed by atoms with van der Waals surface area (Å²) in [6.45, 7) is 0. The number of aliphatic carboxylic acids is 1. The van der Waals surface area contributed by atoms with Gasteiger partial charge in [-0.25, -0.2) is 18.4 Å². The van der Waals surface area contributed by atoms with Gasteiger partial charge in [0.15, 0.2) is 4.90 Å². The number of nitrogens with zero attached hydrogens (tertiary/aromatic N) is 1. The molecule has 0 saturated heterocycles. The number of amides is 1. The van der Waals surface area contributed by atoms with Crippen molar-refractivity contribution < 1.29 is 28.0 Å². The summed E-state index contributed by atoms with van der Waals surface area (Å²) in [4.78, 5) is 32.4. The van der Waals surface area contributed by atoms with Gasteiger partial charge in [-0.1, -0.05) is 0 Å². The molecule has 10 nitrogen and oxygen atoms in total. The first-order valence-electron chi connectivity index (χ1n) is 6.44. The zero-order chi connectivity index (χ0) is 17.4. The third kappa shape index (κ3) is 3.14. The van der Waals surface area contributed by atoms with Crippen LogP contribution in [0.4, 0.5) is 5.69 Å². The average molecular weight is 343 g/mol. The molecule has 1 fully saturated rings. The lowest BCUT2D eigenvalue weighted by atomic mass is 9.76. The molecule has 1 aromatic carbocycles. The quantitative estimate of drug-likeness (QED) is 0.498. The number of nitro benzene ring substituents is 1. The zero-order valence-electron chi connectivity index (χ0n) is 11.7. The summed E-state index contributed by atoms with van der Waals surface area (Å²) in [7, 11) is -4.42. The van der Waals surface area contributed by atoms with Crippen molar-refractivity contribution in [3.63, 3.8) is 0 Å². The average Bonchev–Trinajstić information content (AvgIpc) is 2.40. The maximum Gasteiger partial charge on any atom is 0.329 e. The Bertz CT molecular complexity index is 799. The molecule has 0 bridgehead atoms. The number of hydrogen-bond donors (Lipinski definition) is 3. The third-order valence-corrected chi connectivity index (χ3v) is 4.63. The predicted octanol–water partition coefficient (Wildman–Crippen LogP) is -0.0207. The predicted molar refractivity (Wildman–Crippen MR) is 76.2 cm³/mol. The number of benzene rings is 1. The Balaban J connectivity index is 2.39. The number of hydrogen-bond acceptors (Lipinski definition) is 6. The van der Waals surface area contributed by atoms with Crippen molar-refractivity contribution in [3.05, 3.63) is 33.9 Å². The number of carboxylic acid groups (broad SMARTS) is 1. The van der Waals surface area contributed by atoms with E-state index in [0.717, 1.165) is 18.2 Å². The second-order valence-corrected chi connectivity index (χ2v) is 6.71. The lowest BCUT2D eigenvalue weighted by Crippen LogP contribution is -2.59. The van der Waals surface area contributed by atoms with E-state index in [1.54, 1.807) is 0 Å². The molecule has 0 aromatic heterocycles. The fourth-order valence-corrected chi connectivity index (χ4v) is 2.97. The Morgan fingerprint density at radius 3 is 2.35 bits per heavy atom. The lowest BCUT2D eigenvalue weighted by molar-refractivity contribution is -0.387. The molecule has 1 aliphatic rings. The first-order valence-corrected chi connectivity index (χ1v) is 7.99. The smallest absolute Gasteiger partial charge is 0.329 e. The third-order valence-electron chi connectivity index (χ3n) is 3.69. The number of nitrogens with two attached hydrogens (primary N) is 1. The molecule has 2 rings (SSSR count). The van der Waals surface area contributed by atoms with Crippen LogP contribution in [0, 0.1) is 10.1 Å². The minimum absolute atomic E-state index is 0.229. The van der Waals surface area contributed by atoms with E-state index in [9.17, 15) is 28.1 Å². The van der Waals surface area contributed by atoms with E-state index in [2.05, 4.69) is 5.32 Å². The molecule has 0 aliphatic heterocycles. The molecule has 1 saturated carbocycles. The second kappa shape index (κ2) is 5.59. The molecular weight excluding hydrogens is 330 g/mol. The summed E-state index contributed by atoms with van der Waals surface area (Å²) in [6.07, 6.45) is 1.14. The topological polar surface area (TPSA) is 170 Å². The van der Waals surface area contributed by atoms with Crippen LogP contribution in [-0.4, -0.2) is 35.9 Å². The van der Waals surface area contributed by atoms with Gasteiger partial charge in [-0.2, -0.15) is 0 Å². The summed E-state index contributed by atoms with van der Waals surface area (Å²) in [5, 5.41) is 27.2. The molecule has 0 atom stereocenters. The van der Waals surface area contributed by atoms with Crippen molar-refractivity contribution >= 4 is 27.6 Å². The zero-order valence-corrected chi connectivity index (χ0v) is 12.5. The van der Waals surface area contributed by atoms with Crippen LogP contribution in [0.3, 0.4) is 0 Å². The standard InChI is InChI=1S/C12H13N3O7S/c13-23(21,22)9-6-7(2-3-8(9)15(19)20)10(16)14-12(11(17)18)4-1-5-12/h2-3,6H,1,4-5H2,(H,14,16)(H,17,18)(H2,13,21,22). The highest BCUT2D eigenvalue weighted by atomic mass is 32.2. The SMILES string of the molecule is NS(=O)(=O)c1cc(C(=O)NC2(C(=O)O)CCC2)ccc1[N+](=O)[O-]. The first-order chi connectivity index (χ1) is 10.6. The van der Waals surface area contributed by atoms with Crippen molar-refractivity contribution in [1.29, 1.82) is 0 Å². The number of primary sulfonamides is 1. The molecule has 1 amide bonds. The fraction of sp³-hybridized carbons (Fsp3) is 0.333. The summed E-state index contributed by atoms with van der Waals surface area (Å²) < 4.78 is 22.9. The molecule has 0 heterocycles. The van der Waals surface area contributed by atoms with Crippen molar-refractivity contribution in [3.8, 4) is 0 Å². The molecule has 11 heteroatoms. The molecule has 1 aromatic rings. The van der Waals surface area contributed by atoms with E-state index in [0.29, 0.717) is 6.42 Å². The summed E-state index contributed by atoms with van der Waals surface area (Å²) in [5.41, 5.74) is -2.38. The van der Waals surface area contributed by atoms with Gasteiger partial charge in [-0.3, -0.25) is 14.9 Å². The minimum Gasteiger partial charge on any atom is -0.480 e. The van der Waals surface area contributed by atoms with E-state index >= 15 is 0 Å². The largest absolute Gasteiger partial charge is 0.480 e. The van der Waals surface area contributed by atoms with Gasteiger partial charge in [-0.05, 0) is 31.4 Å². The highest BCUT2D eigenvalue weighted by molar-refractivity contribution is 7.89. The van der Waals surface area contributed by atoms with Gasteiger partial charge in [0.1, 0.15) is 5.54 Å². The van der Waals surface area contributed by atoms with Crippen LogP contribution in [0.15, 0.2) is 23.1 Å². The lowest BCUT2D eigenvalue weighted by Gasteiger charge is -2.38. The number of nitrogens with one attached hydrogen (secondary N) is 1. The van der Waals surface area contributed by atoms with Gasteiger partial charge in [-0.15, -0.1) is 0 Å². The van der Waals surface area contributed by atoms with Crippen LogP contribution in [0.5, 0.6) is 0 Å². The van der Waals surface area contributed by atoms with Gasteiger partial charge in [0.2, 0.25) is 10.0 Å². The highest BCUT2D eigenvalue weighted by Gasteiger charge is 2.45. The van der Waals surface area contributed by atoms with Gasteiger partial charge in [0.25, 0.3) is 11.6 Å². The number of sulfonamides is 1. The van der Waals surface area contributed by atoms with Crippen LogP contribution in [0.25, 0.3) is 0 Å². The Morgan fingerprint density at radius 2 is 1.96 bits per heavy atom. The molecule has 0 unspecified atom stereocenters. The van der Waals surface area contributed by atoms with Crippen LogP contribution in [0.1, 0.15) is 29.6 Å². The van der Waals surface area contributed by atoms with Gasteiger partial charge in [0.05, 0.1) is 4.92 Å². The Hall–Kier alpha value is -2.53. The van der Waals surface area contributed by atoms with Crippen LogP contribution in [-0.2, 0) is 14.8 Å². The van der Waals surface area contributed by atoms with Crippen molar-refractivity contribution in [1.82, 2.24) is 5.32 Å². The maximum absolute atomic E-state index is 12.1. The van der Waals surface area contributed by atoms with E-state index < -0.39 is 42.9 Å². The van der Waals surface area contributed by atoms with Gasteiger partial charge >= 0.3 is 5.97 Å². The monoisotopic (exact) mass is 343 g/mol. The molecule has 0 radical (unpaired) electrons. The second-order valence-electron chi connectivity index (χ2n) is 5.18. The molecular formula is C12H13N3O7S. The number of rotatable bonds is 5. The summed E-state index contributed by atoms with van der Waals surface area (Å²) in [6, 6.07) is 2.64. The summed E-state index contributed by atoms with van der Waals surface area (Å²) >= 11 is 0. The molecule has 0 spiro atoms. The Labute approximate surface area is 130 Å². The van der Waals surface area contributed by atoms with Gasteiger partial charge < -0.3 is 10.4 Å². The van der Waals surface area contributed by atoms with E-state index in [-0.39, 0.29) is 18.4 Å². The number of carboxylic acids is 1. The Kier molecular flexibility index (Phi) is 4.09. The fourth-order valence-electron chi connectivity index (χ4n) is 2.25. The van der Waals surface area contributed by atoms with E-state index in [4.69, 9.17) is 10.2 Å². The molecule has 124 valence electrons. The van der Waals surface area contributed by atoms with E-state index in [1.807, 2.05) is 0 Å². The highest BCUT2D eigenvalue weighted by Crippen LogP contribution is 2.32. The Morgan fingerprint density at radius 1 is 1.35 bits per heavy atom. The first kappa shape index (κ1) is 16.8. The van der Waals surface area contributed by atoms with Crippen LogP contribution < -0.4 is 10.5 Å². The number of carbonyl (C=O) groups is 2. The normalized spacial score (nSPS) is 16.2. The van der Waals surface area contributed by atoms with Crippen LogP contribution >= 0.6 is 0 Å². The van der Waals surface area contributed by atoms with Crippen molar-refractivity contribution in [2.75, 3.05) is 0 Å².